The molecule has 16 heavy (non-hydrogen) atoms. The minimum absolute atomic E-state index is 0.250. The zero-order chi connectivity index (χ0) is 12.1. The van der Waals surface area contributed by atoms with Gasteiger partial charge in [0, 0.05) is 10.7 Å². The Morgan fingerprint density at radius 2 is 2.06 bits per heavy atom. The van der Waals surface area contributed by atoms with Crippen molar-refractivity contribution in [3.05, 3.63) is 28.8 Å². The number of nitrogen functional groups attached to an aromatic ring is 1. The second-order valence-corrected chi connectivity index (χ2v) is 3.70. The monoisotopic (exact) mass is 244 g/mol. The average molecular weight is 245 g/mol. The van der Waals surface area contributed by atoms with Gasteiger partial charge < -0.3 is 21.3 Å². The van der Waals surface area contributed by atoms with Crippen LogP contribution in [0.5, 0.6) is 0 Å². The van der Waals surface area contributed by atoms with Crippen LogP contribution in [0.1, 0.15) is 10.4 Å². The van der Waals surface area contributed by atoms with Gasteiger partial charge in [-0.25, -0.2) is 0 Å². The Morgan fingerprint density at radius 3 is 2.56 bits per heavy atom. The van der Waals surface area contributed by atoms with E-state index in [1.807, 2.05) is 0 Å². The zero-order valence-corrected chi connectivity index (χ0v) is 9.24. The Kier molecular flexibility index (Phi) is 4.54. The fourth-order valence-electron chi connectivity index (χ4n) is 1.15. The maximum atomic E-state index is 11.6. The van der Waals surface area contributed by atoms with Crippen LogP contribution in [-0.2, 0) is 0 Å². The molecule has 0 aliphatic rings. The fraction of sp³-hybridized carbons (Fsp3) is 0.300. The van der Waals surface area contributed by atoms with Crippen molar-refractivity contribution in [2.24, 2.45) is 0 Å². The molecule has 0 saturated heterocycles. The van der Waals surface area contributed by atoms with Gasteiger partial charge in [0.15, 0.2) is 0 Å². The van der Waals surface area contributed by atoms with Gasteiger partial charge in [-0.2, -0.15) is 0 Å². The molecule has 0 saturated carbocycles. The molecule has 6 heteroatoms. The van der Waals surface area contributed by atoms with Crippen LogP contribution in [0.15, 0.2) is 18.2 Å². The number of hydrogen-bond acceptors (Lipinski definition) is 4. The molecular weight excluding hydrogens is 232 g/mol. The van der Waals surface area contributed by atoms with Crippen molar-refractivity contribution >= 4 is 23.2 Å². The van der Waals surface area contributed by atoms with Crippen LogP contribution in [0.3, 0.4) is 0 Å². The van der Waals surface area contributed by atoms with E-state index >= 15 is 0 Å². The van der Waals surface area contributed by atoms with E-state index in [0.29, 0.717) is 5.02 Å². The van der Waals surface area contributed by atoms with E-state index in [2.05, 4.69) is 5.32 Å². The van der Waals surface area contributed by atoms with Crippen LogP contribution >= 0.6 is 11.6 Å². The first kappa shape index (κ1) is 12.8. The molecule has 1 rings (SSSR count). The number of benzene rings is 1. The molecule has 0 fully saturated rings. The summed E-state index contributed by atoms with van der Waals surface area (Å²) in [5.41, 5.74) is 6.12. The molecule has 0 bridgehead atoms. The predicted molar refractivity (Wildman–Crippen MR) is 61.3 cm³/mol. The van der Waals surface area contributed by atoms with Crippen molar-refractivity contribution in [3.63, 3.8) is 0 Å². The number of nitrogens with one attached hydrogen (secondary N) is 1. The second kappa shape index (κ2) is 5.69. The first-order valence-corrected chi connectivity index (χ1v) is 5.04. The normalized spacial score (nSPS) is 10.5. The third-order valence-electron chi connectivity index (χ3n) is 2.03. The molecule has 1 aromatic rings. The van der Waals surface area contributed by atoms with E-state index in [0.717, 1.165) is 0 Å². The van der Waals surface area contributed by atoms with Crippen molar-refractivity contribution < 1.29 is 15.0 Å². The molecule has 1 aromatic carbocycles. The molecule has 5 nitrogen and oxygen atoms in total. The van der Waals surface area contributed by atoms with E-state index in [1.54, 1.807) is 6.07 Å². The topological polar surface area (TPSA) is 95.6 Å². The van der Waals surface area contributed by atoms with Gasteiger partial charge in [0.1, 0.15) is 0 Å². The highest BCUT2D eigenvalue weighted by Gasteiger charge is 2.14. The van der Waals surface area contributed by atoms with E-state index in [1.165, 1.54) is 12.1 Å². The summed E-state index contributed by atoms with van der Waals surface area (Å²) in [6.07, 6.45) is 0. The highest BCUT2D eigenvalue weighted by atomic mass is 35.5. The predicted octanol–water partition coefficient (Wildman–Crippen LogP) is 0.00520. The maximum absolute atomic E-state index is 11.6. The third-order valence-corrected chi connectivity index (χ3v) is 2.27. The van der Waals surface area contributed by atoms with Crippen LogP contribution in [0.4, 0.5) is 5.69 Å². The first-order chi connectivity index (χ1) is 7.58. The lowest BCUT2D eigenvalue weighted by Crippen LogP contribution is -2.40. The van der Waals surface area contributed by atoms with Gasteiger partial charge in [0.25, 0.3) is 5.91 Å². The van der Waals surface area contributed by atoms with Gasteiger partial charge in [-0.3, -0.25) is 4.79 Å². The van der Waals surface area contributed by atoms with Crippen LogP contribution < -0.4 is 11.1 Å². The summed E-state index contributed by atoms with van der Waals surface area (Å²) in [6.45, 7) is -0.675. The average Bonchev–Trinajstić information content (AvgIpc) is 2.25. The standard InChI is InChI=1S/C10H13ClN2O3/c11-6-1-2-8(9(12)3-6)10(16)13-7(4-14)5-15/h1-3,7,14-15H,4-5,12H2,(H,13,16). The fourth-order valence-corrected chi connectivity index (χ4v) is 1.33. The molecule has 0 heterocycles. The van der Waals surface area contributed by atoms with E-state index in [4.69, 9.17) is 27.5 Å². The minimum atomic E-state index is -0.692. The number of aliphatic hydroxyl groups excluding tert-OH is 2. The Hall–Kier alpha value is -1.30. The number of aliphatic hydroxyl groups is 2. The van der Waals surface area contributed by atoms with Crippen molar-refractivity contribution in [1.82, 2.24) is 5.32 Å². The van der Waals surface area contributed by atoms with Gasteiger partial charge in [0.2, 0.25) is 0 Å². The summed E-state index contributed by atoms with van der Waals surface area (Å²) < 4.78 is 0. The summed E-state index contributed by atoms with van der Waals surface area (Å²) in [5.74, 6) is -0.456. The molecule has 0 atom stereocenters. The van der Waals surface area contributed by atoms with Crippen LogP contribution in [0.25, 0.3) is 0 Å². The number of amides is 1. The van der Waals surface area contributed by atoms with Gasteiger partial charge in [0.05, 0.1) is 24.8 Å². The molecule has 0 aliphatic carbocycles. The number of hydrogen-bond donors (Lipinski definition) is 4. The summed E-state index contributed by atoms with van der Waals surface area (Å²) in [7, 11) is 0. The van der Waals surface area contributed by atoms with Crippen molar-refractivity contribution in [2.45, 2.75) is 6.04 Å². The Labute approximate surface area is 97.8 Å². The zero-order valence-electron chi connectivity index (χ0n) is 8.48. The summed E-state index contributed by atoms with van der Waals surface area (Å²) in [4.78, 5) is 11.6. The molecular formula is C10H13ClN2O3. The van der Waals surface area contributed by atoms with Crippen LogP contribution in [0, 0.1) is 0 Å². The van der Waals surface area contributed by atoms with Gasteiger partial charge in [-0.1, -0.05) is 11.6 Å². The van der Waals surface area contributed by atoms with Crippen LogP contribution in [0.2, 0.25) is 5.02 Å². The molecule has 0 unspecified atom stereocenters. The summed E-state index contributed by atoms with van der Waals surface area (Å²) in [5, 5.41) is 20.5. The first-order valence-electron chi connectivity index (χ1n) is 4.66. The van der Waals surface area contributed by atoms with Crippen LogP contribution in [-0.4, -0.2) is 35.4 Å². The SMILES string of the molecule is Nc1cc(Cl)ccc1C(=O)NC(CO)CO. The van der Waals surface area contributed by atoms with Gasteiger partial charge in [-0.15, -0.1) is 0 Å². The number of halogens is 1. The van der Waals surface area contributed by atoms with Crippen molar-refractivity contribution in [2.75, 3.05) is 18.9 Å². The number of anilines is 1. The van der Waals surface area contributed by atoms with Gasteiger partial charge >= 0.3 is 0 Å². The molecule has 0 spiro atoms. The molecule has 88 valence electrons. The minimum Gasteiger partial charge on any atom is -0.398 e. The van der Waals surface area contributed by atoms with E-state index in [9.17, 15) is 4.79 Å². The Bertz CT molecular complexity index is 380. The van der Waals surface area contributed by atoms with Crippen molar-refractivity contribution in [3.8, 4) is 0 Å². The quantitative estimate of drug-likeness (QED) is 0.561. The smallest absolute Gasteiger partial charge is 0.253 e. The third kappa shape index (κ3) is 3.10. The molecule has 0 aromatic heterocycles. The lowest BCUT2D eigenvalue weighted by Gasteiger charge is -2.14. The Morgan fingerprint density at radius 1 is 1.44 bits per heavy atom. The molecule has 5 N–H and O–H groups in total. The van der Waals surface area contributed by atoms with Gasteiger partial charge in [-0.05, 0) is 18.2 Å². The highest BCUT2D eigenvalue weighted by Crippen LogP contribution is 2.17. The van der Waals surface area contributed by atoms with E-state index in [-0.39, 0.29) is 24.5 Å². The summed E-state index contributed by atoms with van der Waals surface area (Å²) in [6, 6.07) is 3.80. The van der Waals surface area contributed by atoms with E-state index < -0.39 is 11.9 Å². The highest BCUT2D eigenvalue weighted by molar-refractivity contribution is 6.31. The number of nitrogens with two attached hydrogens (primary N) is 1. The molecule has 0 radical (unpaired) electrons. The largest absolute Gasteiger partial charge is 0.398 e. The summed E-state index contributed by atoms with van der Waals surface area (Å²) >= 11 is 5.69. The number of rotatable bonds is 4. The number of carbonyl (C=O) groups excluding carboxylic acids is 1. The van der Waals surface area contributed by atoms with Crippen molar-refractivity contribution in [1.29, 1.82) is 0 Å². The lowest BCUT2D eigenvalue weighted by atomic mass is 10.1. The second-order valence-electron chi connectivity index (χ2n) is 3.27. The molecule has 1 amide bonds. The Balaban J connectivity index is 2.80. The number of carbonyl (C=O) groups is 1. The maximum Gasteiger partial charge on any atom is 0.253 e. The molecule has 0 aliphatic heterocycles. The lowest BCUT2D eigenvalue weighted by molar-refractivity contribution is 0.0880.